The maximum Gasteiger partial charge on any atom is 0.341 e. The van der Waals surface area contributed by atoms with Gasteiger partial charge in [-0.15, -0.1) is 0 Å². The number of hydrogen-bond acceptors (Lipinski definition) is 4. The highest BCUT2D eigenvalue weighted by Crippen LogP contribution is 2.19. The van der Waals surface area contributed by atoms with Gasteiger partial charge >= 0.3 is 5.97 Å². The molecule has 0 aliphatic carbocycles. The molecule has 2 aromatic rings. The number of halogens is 1. The van der Waals surface area contributed by atoms with Crippen LogP contribution in [0.5, 0.6) is 5.75 Å². The molecule has 20 heavy (non-hydrogen) atoms. The quantitative estimate of drug-likeness (QED) is 0.786. The Bertz CT molecular complexity index is 610. The second-order valence-corrected chi connectivity index (χ2v) is 5.01. The minimum atomic E-state index is -0.381. The van der Waals surface area contributed by atoms with Crippen LogP contribution in [0.4, 0.5) is 0 Å². The van der Waals surface area contributed by atoms with Crippen LogP contribution in [0, 0.1) is 0 Å². The minimum Gasteiger partial charge on any atom is -0.487 e. The fraction of sp³-hybridized carbons (Fsp3) is 0.286. The van der Waals surface area contributed by atoms with E-state index in [4.69, 9.17) is 9.47 Å². The highest BCUT2D eigenvalue weighted by atomic mass is 79.9. The maximum absolute atomic E-state index is 11.8. The van der Waals surface area contributed by atoms with E-state index in [1.807, 2.05) is 24.3 Å². The SMILES string of the molecule is CCOC(=O)c1cnn(C)c1COc1cccc(Br)c1. The number of hydrogen-bond donors (Lipinski definition) is 0. The van der Waals surface area contributed by atoms with Crippen molar-refractivity contribution in [1.82, 2.24) is 9.78 Å². The number of benzene rings is 1. The van der Waals surface area contributed by atoms with E-state index in [1.165, 1.54) is 6.20 Å². The molecule has 0 spiro atoms. The average molecular weight is 339 g/mol. The van der Waals surface area contributed by atoms with Crippen LogP contribution in [0.2, 0.25) is 0 Å². The Morgan fingerprint density at radius 3 is 2.95 bits per heavy atom. The number of carbonyl (C=O) groups is 1. The van der Waals surface area contributed by atoms with E-state index >= 15 is 0 Å². The summed E-state index contributed by atoms with van der Waals surface area (Å²) >= 11 is 3.38. The van der Waals surface area contributed by atoms with E-state index in [2.05, 4.69) is 21.0 Å². The topological polar surface area (TPSA) is 53.3 Å². The van der Waals surface area contributed by atoms with Gasteiger partial charge in [-0.05, 0) is 25.1 Å². The Kier molecular flexibility index (Phi) is 4.79. The molecule has 0 N–H and O–H groups in total. The van der Waals surface area contributed by atoms with Crippen LogP contribution in [0.1, 0.15) is 23.0 Å². The number of carbonyl (C=O) groups excluding carboxylic acids is 1. The number of aryl methyl sites for hydroxylation is 1. The molecule has 0 radical (unpaired) electrons. The van der Waals surface area contributed by atoms with Crippen LogP contribution in [-0.4, -0.2) is 22.4 Å². The summed E-state index contributed by atoms with van der Waals surface area (Å²) < 4.78 is 13.2. The monoisotopic (exact) mass is 338 g/mol. The van der Waals surface area contributed by atoms with Gasteiger partial charge in [-0.3, -0.25) is 4.68 Å². The van der Waals surface area contributed by atoms with E-state index in [1.54, 1.807) is 18.7 Å². The molecule has 0 amide bonds. The van der Waals surface area contributed by atoms with E-state index in [9.17, 15) is 4.79 Å². The zero-order valence-electron chi connectivity index (χ0n) is 11.3. The maximum atomic E-state index is 11.8. The number of rotatable bonds is 5. The first-order valence-electron chi connectivity index (χ1n) is 6.18. The summed E-state index contributed by atoms with van der Waals surface area (Å²) in [5.74, 6) is 0.337. The van der Waals surface area contributed by atoms with Crippen molar-refractivity contribution >= 4 is 21.9 Å². The van der Waals surface area contributed by atoms with Crippen molar-refractivity contribution in [2.24, 2.45) is 7.05 Å². The molecule has 1 heterocycles. The number of esters is 1. The van der Waals surface area contributed by atoms with Gasteiger partial charge in [0.15, 0.2) is 0 Å². The molecule has 0 unspecified atom stereocenters. The molecule has 0 saturated carbocycles. The van der Waals surface area contributed by atoms with Crippen molar-refractivity contribution in [1.29, 1.82) is 0 Å². The van der Waals surface area contributed by atoms with Gasteiger partial charge in [0.2, 0.25) is 0 Å². The smallest absolute Gasteiger partial charge is 0.341 e. The Morgan fingerprint density at radius 1 is 1.45 bits per heavy atom. The third kappa shape index (κ3) is 3.39. The van der Waals surface area contributed by atoms with Gasteiger partial charge in [-0.25, -0.2) is 4.79 Å². The first kappa shape index (κ1) is 14.6. The molecule has 1 aromatic carbocycles. The lowest BCUT2D eigenvalue weighted by Crippen LogP contribution is -2.11. The molecule has 0 saturated heterocycles. The molecule has 5 nitrogen and oxygen atoms in total. The van der Waals surface area contributed by atoms with Crippen LogP contribution in [0.15, 0.2) is 34.9 Å². The van der Waals surface area contributed by atoms with Gasteiger partial charge in [-0.1, -0.05) is 22.0 Å². The highest BCUT2D eigenvalue weighted by molar-refractivity contribution is 9.10. The number of aromatic nitrogens is 2. The van der Waals surface area contributed by atoms with Gasteiger partial charge in [0.05, 0.1) is 18.5 Å². The second-order valence-electron chi connectivity index (χ2n) is 4.10. The summed E-state index contributed by atoms with van der Waals surface area (Å²) in [7, 11) is 1.77. The molecule has 0 atom stereocenters. The van der Waals surface area contributed by atoms with Crippen molar-refractivity contribution in [2.75, 3.05) is 6.61 Å². The second kappa shape index (κ2) is 6.56. The molecule has 0 bridgehead atoms. The molecule has 0 aliphatic rings. The van der Waals surface area contributed by atoms with Gasteiger partial charge in [0.25, 0.3) is 0 Å². The fourth-order valence-electron chi connectivity index (χ4n) is 1.72. The van der Waals surface area contributed by atoms with Crippen LogP contribution < -0.4 is 4.74 Å². The van der Waals surface area contributed by atoms with Crippen LogP contribution in [0.25, 0.3) is 0 Å². The Balaban J connectivity index is 2.13. The van der Waals surface area contributed by atoms with Crippen LogP contribution in [0.3, 0.4) is 0 Å². The molecular formula is C14H15BrN2O3. The molecule has 0 fully saturated rings. The lowest BCUT2D eigenvalue weighted by molar-refractivity contribution is 0.0523. The van der Waals surface area contributed by atoms with E-state index in [0.29, 0.717) is 17.9 Å². The molecule has 6 heteroatoms. The summed E-state index contributed by atoms with van der Waals surface area (Å²) in [5.41, 5.74) is 1.12. The van der Waals surface area contributed by atoms with E-state index in [-0.39, 0.29) is 12.6 Å². The van der Waals surface area contributed by atoms with Gasteiger partial charge < -0.3 is 9.47 Å². The Hall–Kier alpha value is -1.82. The molecule has 0 aliphatic heterocycles. The van der Waals surface area contributed by atoms with E-state index < -0.39 is 0 Å². The third-order valence-electron chi connectivity index (χ3n) is 2.73. The number of nitrogens with zero attached hydrogens (tertiary/aromatic N) is 2. The first-order chi connectivity index (χ1) is 9.61. The third-order valence-corrected chi connectivity index (χ3v) is 3.22. The zero-order valence-corrected chi connectivity index (χ0v) is 12.9. The Morgan fingerprint density at radius 2 is 2.25 bits per heavy atom. The molecule has 1 aromatic heterocycles. The molecule has 2 rings (SSSR count). The molecule has 106 valence electrons. The van der Waals surface area contributed by atoms with Crippen LogP contribution >= 0.6 is 15.9 Å². The minimum absolute atomic E-state index is 0.251. The van der Waals surface area contributed by atoms with Crippen molar-refractivity contribution < 1.29 is 14.3 Å². The summed E-state index contributed by atoms with van der Waals surface area (Å²) in [6, 6.07) is 7.52. The summed E-state index contributed by atoms with van der Waals surface area (Å²) in [5, 5.41) is 4.08. The first-order valence-corrected chi connectivity index (χ1v) is 6.97. The van der Waals surface area contributed by atoms with Gasteiger partial charge in [-0.2, -0.15) is 5.10 Å². The summed E-state index contributed by atoms with van der Waals surface area (Å²) in [6.07, 6.45) is 1.50. The van der Waals surface area contributed by atoms with Gasteiger partial charge in [0.1, 0.15) is 17.9 Å². The molecular weight excluding hydrogens is 324 g/mol. The number of ether oxygens (including phenoxy) is 2. The normalized spacial score (nSPS) is 10.3. The lowest BCUT2D eigenvalue weighted by Gasteiger charge is -2.09. The lowest BCUT2D eigenvalue weighted by atomic mass is 10.2. The van der Waals surface area contributed by atoms with Crippen molar-refractivity contribution in [2.45, 2.75) is 13.5 Å². The average Bonchev–Trinajstić information content (AvgIpc) is 2.78. The van der Waals surface area contributed by atoms with Crippen LogP contribution in [-0.2, 0) is 18.4 Å². The van der Waals surface area contributed by atoms with Crippen molar-refractivity contribution in [3.05, 3.63) is 46.2 Å². The Labute approximate surface area is 125 Å². The summed E-state index contributed by atoms with van der Waals surface area (Å²) in [6.45, 7) is 2.35. The van der Waals surface area contributed by atoms with Gasteiger partial charge in [0, 0.05) is 11.5 Å². The standard InChI is InChI=1S/C14H15BrN2O3/c1-3-19-14(18)12-8-16-17(2)13(12)9-20-11-6-4-5-10(15)7-11/h4-8H,3,9H2,1-2H3. The predicted octanol–water partition coefficient (Wildman–Crippen LogP) is 2.94. The fourth-order valence-corrected chi connectivity index (χ4v) is 2.10. The predicted molar refractivity (Wildman–Crippen MR) is 77.6 cm³/mol. The summed E-state index contributed by atoms with van der Waals surface area (Å²) in [4.78, 5) is 11.8. The largest absolute Gasteiger partial charge is 0.487 e. The van der Waals surface area contributed by atoms with Crippen molar-refractivity contribution in [3.8, 4) is 5.75 Å². The highest BCUT2D eigenvalue weighted by Gasteiger charge is 2.17. The van der Waals surface area contributed by atoms with E-state index in [0.717, 1.165) is 10.2 Å². The zero-order chi connectivity index (χ0) is 14.5. The van der Waals surface area contributed by atoms with Crippen molar-refractivity contribution in [3.63, 3.8) is 0 Å².